The van der Waals surface area contributed by atoms with E-state index in [1.807, 2.05) is 0 Å². The van der Waals surface area contributed by atoms with Gasteiger partial charge in [-0.1, -0.05) is 22.3 Å². The molecule has 1 saturated carbocycles. The van der Waals surface area contributed by atoms with E-state index < -0.39 is 0 Å². The van der Waals surface area contributed by atoms with Gasteiger partial charge in [0.15, 0.2) is 0 Å². The first kappa shape index (κ1) is 57.6. The highest BCUT2D eigenvalue weighted by Crippen LogP contribution is 2.59. The van der Waals surface area contributed by atoms with E-state index in [1.165, 1.54) is 211 Å². The molecule has 0 N–H and O–H groups in total. The summed E-state index contributed by atoms with van der Waals surface area (Å²) in [6, 6.07) is 0. The van der Waals surface area contributed by atoms with Gasteiger partial charge in [0, 0.05) is 33.7 Å². The zero-order chi connectivity index (χ0) is 59.0. The van der Waals surface area contributed by atoms with E-state index in [1.54, 1.807) is 11.1 Å². The fourth-order valence-electron chi connectivity index (χ4n) is 17.9. The van der Waals surface area contributed by atoms with Crippen LogP contribution in [0.15, 0.2) is 43.4 Å². The fraction of sp³-hybridized carbons (Fsp3) is 0.468. The van der Waals surface area contributed by atoms with Gasteiger partial charge in [0.05, 0.1) is 0 Å². The van der Waals surface area contributed by atoms with E-state index >= 15 is 0 Å². The van der Waals surface area contributed by atoms with Crippen molar-refractivity contribution in [2.75, 3.05) is 0 Å². The van der Waals surface area contributed by atoms with Gasteiger partial charge in [0.25, 0.3) is 0 Å². The molecule has 80 heavy (non-hydrogen) atoms. The lowest BCUT2D eigenvalue weighted by Crippen LogP contribution is -2.29. The first-order valence-electron chi connectivity index (χ1n) is 30.7. The van der Waals surface area contributed by atoms with Crippen molar-refractivity contribution < 1.29 is 4.42 Å². The van der Waals surface area contributed by atoms with Crippen molar-refractivity contribution in [3.8, 4) is 11.1 Å². The second-order valence-corrected chi connectivity index (χ2v) is 27.1. The lowest BCUT2D eigenvalue weighted by atomic mass is 9.61. The van der Waals surface area contributed by atoms with Gasteiger partial charge >= 0.3 is 0 Å². The van der Waals surface area contributed by atoms with E-state index in [4.69, 9.17) is 4.42 Å². The number of hydrogen-bond acceptors (Lipinski definition) is 1. The number of fused-ring (bicyclic) bond motifs is 5. The average molecular weight is 1060 g/mol. The Kier molecular flexibility index (Phi) is 14.2. The van der Waals surface area contributed by atoms with Crippen LogP contribution in [0.4, 0.5) is 0 Å². The van der Waals surface area contributed by atoms with E-state index in [9.17, 15) is 0 Å². The van der Waals surface area contributed by atoms with E-state index in [2.05, 4.69) is 201 Å². The van der Waals surface area contributed by atoms with Crippen LogP contribution in [-0.2, 0) is 0 Å². The molecule has 1 heteroatoms. The van der Waals surface area contributed by atoms with Crippen molar-refractivity contribution in [2.24, 2.45) is 11.8 Å². The van der Waals surface area contributed by atoms with Crippen molar-refractivity contribution in [3.63, 3.8) is 0 Å². The number of rotatable bonds is 5. The highest BCUT2D eigenvalue weighted by atomic mass is 16.3. The van der Waals surface area contributed by atoms with Gasteiger partial charge in [0.2, 0.25) is 0 Å². The number of hydrogen-bond donors (Lipinski definition) is 0. The lowest BCUT2D eigenvalue weighted by molar-refractivity contribution is 0.348. The molecule has 0 saturated heterocycles. The first-order valence-corrected chi connectivity index (χ1v) is 30.7. The largest absolute Gasteiger partial charge is 0.455 e. The third-order valence-corrected chi connectivity index (χ3v) is 24.4. The molecule has 420 valence electrons. The van der Waals surface area contributed by atoms with Crippen molar-refractivity contribution in [1.29, 1.82) is 0 Å². The van der Waals surface area contributed by atoms with Crippen LogP contribution >= 0.6 is 0 Å². The molecule has 7 aromatic rings. The summed E-state index contributed by atoms with van der Waals surface area (Å²) in [5, 5.41) is 5.48. The van der Waals surface area contributed by atoms with Crippen LogP contribution in [0.1, 0.15) is 230 Å². The Morgan fingerprint density at radius 1 is 0.225 bits per heavy atom. The van der Waals surface area contributed by atoms with Crippen LogP contribution in [0.25, 0.3) is 49.4 Å². The molecular formula is C79H98O. The van der Waals surface area contributed by atoms with Crippen molar-refractivity contribution >= 4 is 38.3 Å². The van der Waals surface area contributed by atoms with Gasteiger partial charge < -0.3 is 4.42 Å². The number of allylic oxidation sites excluding steroid dienone is 8. The van der Waals surface area contributed by atoms with Crippen molar-refractivity contribution in [2.45, 2.75) is 238 Å². The Bertz CT molecular complexity index is 3940. The molecule has 0 radical (unpaired) electrons. The second-order valence-electron chi connectivity index (χ2n) is 27.1. The molecular weight excluding hydrogens is 965 g/mol. The number of aryl methyl sites for hydroxylation is 4. The molecule has 0 aliphatic heterocycles. The Labute approximate surface area is 484 Å². The molecule has 6 aromatic carbocycles. The summed E-state index contributed by atoms with van der Waals surface area (Å²) in [7, 11) is 0. The summed E-state index contributed by atoms with van der Waals surface area (Å²) < 4.78 is 7.94. The Balaban J connectivity index is 1.33. The van der Waals surface area contributed by atoms with Gasteiger partial charge in [-0.25, -0.2) is 0 Å². The van der Waals surface area contributed by atoms with E-state index in [0.29, 0.717) is 29.6 Å². The summed E-state index contributed by atoms with van der Waals surface area (Å²) in [5.74, 6) is 1.91. The lowest BCUT2D eigenvalue weighted by Gasteiger charge is -2.43. The maximum atomic E-state index is 7.94. The molecule has 0 amide bonds. The molecule has 3 aliphatic carbocycles. The van der Waals surface area contributed by atoms with Crippen LogP contribution < -0.4 is 0 Å². The number of furan rings is 1. The van der Waals surface area contributed by atoms with Gasteiger partial charge in [-0.2, -0.15) is 0 Å². The van der Waals surface area contributed by atoms with E-state index in [-0.39, 0.29) is 0 Å². The van der Waals surface area contributed by atoms with Gasteiger partial charge in [0.1, 0.15) is 11.2 Å². The van der Waals surface area contributed by atoms with Crippen molar-refractivity contribution in [1.82, 2.24) is 0 Å². The van der Waals surface area contributed by atoms with Crippen LogP contribution in [0.5, 0.6) is 0 Å². The maximum absolute atomic E-state index is 7.94. The zero-order valence-corrected chi connectivity index (χ0v) is 55.4. The maximum Gasteiger partial charge on any atom is 0.143 e. The summed E-state index contributed by atoms with van der Waals surface area (Å²) in [6.45, 7) is 69.7. The predicted molar refractivity (Wildman–Crippen MR) is 351 cm³/mol. The second kappa shape index (κ2) is 19.8. The zero-order valence-electron chi connectivity index (χ0n) is 55.4. The molecule has 4 unspecified atom stereocenters. The summed E-state index contributed by atoms with van der Waals surface area (Å²) in [6.07, 6.45) is 3.39. The predicted octanol–water partition coefficient (Wildman–Crippen LogP) is 23.1. The standard InChI is InChI=1S/C79H98O/c1-33-35(3)43(11)65(44(12)36(33)4)62-30-63(66-45(13)37(5)34(2)38(6)46(66)14)32-64(31-62)74-57(25)58(26)75(79-77(74)76-60(28)71-49(17)41(9)42(10)50(18)73(71)61(29)78(76)80-79)69-54(22)51(19)68(52(20)55(69)23)72-56(24)53(21)67-47(15)39(7)40(8)48(16)70(67)59(72)27/h62-64,67,70H,30-32H2,1-29H3. The highest BCUT2D eigenvalue weighted by molar-refractivity contribution is 6.20. The molecule has 1 nitrogen and oxygen atoms in total. The van der Waals surface area contributed by atoms with Crippen LogP contribution in [-0.4, -0.2) is 0 Å². The normalized spacial score (nSPS) is 20.1. The van der Waals surface area contributed by atoms with Crippen LogP contribution in [0.3, 0.4) is 0 Å². The fourth-order valence-corrected chi connectivity index (χ4v) is 17.9. The highest BCUT2D eigenvalue weighted by Gasteiger charge is 2.42. The number of benzene rings is 6. The van der Waals surface area contributed by atoms with Crippen molar-refractivity contribution in [3.05, 3.63) is 184 Å². The monoisotopic (exact) mass is 1060 g/mol. The molecule has 0 bridgehead atoms. The Morgan fingerprint density at radius 3 is 0.963 bits per heavy atom. The average Bonchev–Trinajstić information content (AvgIpc) is 4.05. The Morgan fingerprint density at radius 2 is 0.537 bits per heavy atom. The molecule has 3 aliphatic rings. The first-order chi connectivity index (χ1) is 37.3. The topological polar surface area (TPSA) is 13.1 Å². The molecule has 0 spiro atoms. The quantitative estimate of drug-likeness (QED) is 0.167. The third-order valence-electron chi connectivity index (χ3n) is 24.4. The molecule has 10 rings (SSSR count). The molecule has 1 heterocycles. The van der Waals surface area contributed by atoms with Crippen LogP contribution in [0, 0.1) is 164 Å². The van der Waals surface area contributed by atoms with Gasteiger partial charge in [-0.3, -0.25) is 0 Å². The SMILES string of the molecule is CC1=C(C)C2C(C)=C(C)C(c3c(C)c(C)c(-c4c(C)c(C)c(C5CC(c6c(C)c(C)c(C)c(C)c6C)CC(c6c(C)c(C)c(C)c(C)c6C)C5)c5c4oc4c(C)c6c(C)c(C)c(C)c(C)c6c(C)c45)c(C)c3C)=C(C)C2C(C)=C1C. The van der Waals surface area contributed by atoms with Gasteiger partial charge in [-0.05, 0) is 416 Å². The summed E-state index contributed by atoms with van der Waals surface area (Å²) in [4.78, 5) is 0. The molecule has 1 aromatic heterocycles. The smallest absolute Gasteiger partial charge is 0.143 e. The molecule has 4 atom stereocenters. The third kappa shape index (κ3) is 7.72. The Hall–Kier alpha value is -5.66. The minimum absolute atomic E-state index is 0.300. The summed E-state index contributed by atoms with van der Waals surface area (Å²) >= 11 is 0. The minimum atomic E-state index is 0.300. The summed E-state index contributed by atoms with van der Waals surface area (Å²) in [5.41, 5.74) is 54.3. The molecule has 1 fully saturated rings. The van der Waals surface area contributed by atoms with Crippen LogP contribution in [0.2, 0.25) is 0 Å². The van der Waals surface area contributed by atoms with Gasteiger partial charge in [-0.15, -0.1) is 0 Å². The van der Waals surface area contributed by atoms with E-state index in [0.717, 1.165) is 30.4 Å². The minimum Gasteiger partial charge on any atom is -0.455 e.